The molecular formula is C17H11Cl3N2O3S. The second kappa shape index (κ2) is 7.72. The fourth-order valence-electron chi connectivity index (χ4n) is 2.25. The number of thiophene rings is 1. The molecule has 0 atom stereocenters. The van der Waals surface area contributed by atoms with E-state index in [9.17, 15) is 9.59 Å². The van der Waals surface area contributed by atoms with Gasteiger partial charge >= 0.3 is 6.09 Å². The van der Waals surface area contributed by atoms with Gasteiger partial charge in [0.15, 0.2) is 0 Å². The molecule has 1 heterocycles. The topological polar surface area (TPSA) is 67.4 Å². The number of fused-ring (bicyclic) bond motifs is 1. The van der Waals surface area contributed by atoms with Crippen molar-refractivity contribution in [2.24, 2.45) is 0 Å². The summed E-state index contributed by atoms with van der Waals surface area (Å²) >= 11 is 19.7. The van der Waals surface area contributed by atoms with Crippen LogP contribution >= 0.6 is 46.1 Å². The molecule has 2 aromatic carbocycles. The number of benzene rings is 2. The molecule has 0 saturated heterocycles. The third kappa shape index (κ3) is 3.88. The highest BCUT2D eigenvalue weighted by atomic mass is 35.5. The van der Waals surface area contributed by atoms with Crippen LogP contribution < -0.4 is 10.6 Å². The molecule has 0 aliphatic rings. The Kier molecular flexibility index (Phi) is 5.58. The van der Waals surface area contributed by atoms with Crippen LogP contribution in [-0.4, -0.2) is 19.1 Å². The van der Waals surface area contributed by atoms with Gasteiger partial charge in [0.05, 0.1) is 17.2 Å². The van der Waals surface area contributed by atoms with E-state index in [-0.39, 0.29) is 10.9 Å². The zero-order valence-electron chi connectivity index (χ0n) is 13.2. The van der Waals surface area contributed by atoms with Crippen molar-refractivity contribution in [1.29, 1.82) is 0 Å². The predicted octanol–water partition coefficient (Wildman–Crippen LogP) is 6.29. The molecule has 0 bridgehead atoms. The van der Waals surface area contributed by atoms with Gasteiger partial charge in [-0.25, -0.2) is 4.79 Å². The van der Waals surface area contributed by atoms with Crippen LogP contribution in [0.25, 0.3) is 10.1 Å². The van der Waals surface area contributed by atoms with E-state index in [0.717, 1.165) is 4.70 Å². The van der Waals surface area contributed by atoms with E-state index in [0.29, 0.717) is 31.7 Å². The van der Waals surface area contributed by atoms with E-state index in [4.69, 9.17) is 34.8 Å². The van der Waals surface area contributed by atoms with Crippen molar-refractivity contribution in [2.45, 2.75) is 0 Å². The van der Waals surface area contributed by atoms with E-state index >= 15 is 0 Å². The molecule has 0 saturated carbocycles. The Labute approximate surface area is 167 Å². The third-order valence-electron chi connectivity index (χ3n) is 3.43. The summed E-state index contributed by atoms with van der Waals surface area (Å²) in [6.07, 6.45) is -0.575. The monoisotopic (exact) mass is 428 g/mol. The average molecular weight is 430 g/mol. The summed E-state index contributed by atoms with van der Waals surface area (Å²) in [6.45, 7) is 0. The first kappa shape index (κ1) is 18.8. The highest BCUT2D eigenvalue weighted by Crippen LogP contribution is 2.41. The number of methoxy groups -OCH3 is 1. The lowest BCUT2D eigenvalue weighted by molar-refractivity contribution is 0.103. The minimum Gasteiger partial charge on any atom is -0.453 e. The fraction of sp³-hybridized carbons (Fsp3) is 0.0588. The van der Waals surface area contributed by atoms with E-state index in [2.05, 4.69) is 15.4 Å². The van der Waals surface area contributed by atoms with Crippen LogP contribution in [0, 0.1) is 0 Å². The Morgan fingerprint density at radius 1 is 1.00 bits per heavy atom. The van der Waals surface area contributed by atoms with Crippen molar-refractivity contribution < 1.29 is 14.3 Å². The standard InChI is InChI=1S/C17H11Cl3N2O3S/c1-25-17(24)22-10-4-2-9(3-5-10)21-16(23)15-14(20)13-11(19)6-8(18)7-12(13)26-15/h2-7H,1H3,(H,21,23)(H,22,24). The Hall–Kier alpha value is -1.99. The van der Waals surface area contributed by atoms with Crippen LogP contribution in [0.3, 0.4) is 0 Å². The molecule has 1 aromatic heterocycles. The normalized spacial score (nSPS) is 10.6. The molecule has 3 rings (SSSR count). The molecular weight excluding hydrogens is 419 g/mol. The maximum absolute atomic E-state index is 12.6. The van der Waals surface area contributed by atoms with Crippen molar-refractivity contribution in [3.8, 4) is 0 Å². The highest BCUT2D eigenvalue weighted by Gasteiger charge is 2.19. The second-order valence-corrected chi connectivity index (χ2v) is 7.43. The van der Waals surface area contributed by atoms with Gasteiger partial charge < -0.3 is 10.1 Å². The molecule has 26 heavy (non-hydrogen) atoms. The van der Waals surface area contributed by atoms with Crippen LogP contribution in [0.15, 0.2) is 36.4 Å². The van der Waals surface area contributed by atoms with Gasteiger partial charge in [-0.3, -0.25) is 10.1 Å². The molecule has 0 aliphatic carbocycles. The largest absolute Gasteiger partial charge is 0.453 e. The zero-order valence-corrected chi connectivity index (χ0v) is 16.3. The fourth-order valence-corrected chi connectivity index (χ4v) is 4.52. The maximum atomic E-state index is 12.6. The smallest absolute Gasteiger partial charge is 0.411 e. The van der Waals surface area contributed by atoms with Crippen LogP contribution in [0.4, 0.5) is 16.2 Å². The van der Waals surface area contributed by atoms with E-state index in [1.807, 2.05) is 0 Å². The van der Waals surface area contributed by atoms with Crippen LogP contribution in [0.2, 0.25) is 15.1 Å². The Balaban J connectivity index is 1.82. The lowest BCUT2D eigenvalue weighted by atomic mass is 10.2. The van der Waals surface area contributed by atoms with Crippen LogP contribution in [-0.2, 0) is 4.74 Å². The molecule has 5 nitrogen and oxygen atoms in total. The number of hydrogen-bond acceptors (Lipinski definition) is 4. The van der Waals surface area contributed by atoms with Gasteiger partial charge in [0, 0.05) is 26.5 Å². The van der Waals surface area contributed by atoms with E-state index < -0.39 is 6.09 Å². The lowest BCUT2D eigenvalue weighted by Gasteiger charge is -2.07. The summed E-state index contributed by atoms with van der Waals surface area (Å²) in [5.41, 5.74) is 1.08. The molecule has 0 unspecified atom stereocenters. The Morgan fingerprint density at radius 3 is 2.23 bits per heavy atom. The van der Waals surface area contributed by atoms with Gasteiger partial charge in [-0.1, -0.05) is 34.8 Å². The van der Waals surface area contributed by atoms with Gasteiger partial charge in [0.2, 0.25) is 0 Å². The Bertz CT molecular complexity index is 1000. The molecule has 134 valence electrons. The van der Waals surface area contributed by atoms with Gasteiger partial charge in [-0.2, -0.15) is 0 Å². The first-order chi connectivity index (χ1) is 12.4. The number of anilines is 2. The van der Waals surface area contributed by atoms with Crippen molar-refractivity contribution >= 4 is 79.6 Å². The number of rotatable bonds is 3. The maximum Gasteiger partial charge on any atom is 0.411 e. The summed E-state index contributed by atoms with van der Waals surface area (Å²) < 4.78 is 5.25. The number of halogens is 3. The summed E-state index contributed by atoms with van der Waals surface area (Å²) in [7, 11) is 1.28. The van der Waals surface area contributed by atoms with E-state index in [1.165, 1.54) is 18.4 Å². The number of carbonyl (C=O) groups excluding carboxylic acids is 2. The zero-order chi connectivity index (χ0) is 18.8. The first-order valence-electron chi connectivity index (χ1n) is 7.22. The average Bonchev–Trinajstić information content (AvgIpc) is 2.93. The van der Waals surface area contributed by atoms with E-state index in [1.54, 1.807) is 36.4 Å². The molecule has 0 aliphatic heterocycles. The van der Waals surface area contributed by atoms with Crippen molar-refractivity contribution in [3.63, 3.8) is 0 Å². The summed E-state index contributed by atoms with van der Waals surface area (Å²) in [6, 6.07) is 9.86. The van der Waals surface area contributed by atoms with Crippen molar-refractivity contribution in [3.05, 3.63) is 56.3 Å². The Morgan fingerprint density at radius 2 is 1.62 bits per heavy atom. The summed E-state index contributed by atoms with van der Waals surface area (Å²) in [5, 5.41) is 7.03. The van der Waals surface area contributed by atoms with Gasteiger partial charge in [0.1, 0.15) is 4.88 Å². The second-order valence-electron chi connectivity index (χ2n) is 5.15. The molecule has 0 spiro atoms. The third-order valence-corrected chi connectivity index (χ3v) is 5.57. The SMILES string of the molecule is COC(=O)Nc1ccc(NC(=O)c2sc3cc(Cl)cc(Cl)c3c2Cl)cc1. The molecule has 2 amide bonds. The minimum absolute atomic E-state index is 0.285. The predicted molar refractivity (Wildman–Crippen MR) is 107 cm³/mol. The first-order valence-corrected chi connectivity index (χ1v) is 9.17. The minimum atomic E-state index is -0.575. The number of nitrogens with one attached hydrogen (secondary N) is 2. The molecule has 9 heteroatoms. The molecule has 0 fully saturated rings. The quantitative estimate of drug-likeness (QED) is 0.514. The summed E-state index contributed by atoms with van der Waals surface area (Å²) in [5.74, 6) is -0.364. The van der Waals surface area contributed by atoms with Crippen molar-refractivity contribution in [2.75, 3.05) is 17.7 Å². The number of ether oxygens (including phenoxy) is 1. The number of amides is 2. The molecule has 2 N–H and O–H groups in total. The van der Waals surface area contributed by atoms with Crippen molar-refractivity contribution in [1.82, 2.24) is 0 Å². The van der Waals surface area contributed by atoms with Gasteiger partial charge in [-0.05, 0) is 36.4 Å². The van der Waals surface area contributed by atoms with Crippen LogP contribution in [0.5, 0.6) is 0 Å². The molecule has 3 aromatic rings. The lowest BCUT2D eigenvalue weighted by Crippen LogP contribution is -2.12. The summed E-state index contributed by atoms with van der Waals surface area (Å²) in [4.78, 5) is 24.1. The van der Waals surface area contributed by atoms with Crippen LogP contribution in [0.1, 0.15) is 9.67 Å². The molecule has 0 radical (unpaired) electrons. The number of carbonyl (C=O) groups is 2. The van der Waals surface area contributed by atoms with Gasteiger partial charge in [0.25, 0.3) is 5.91 Å². The van der Waals surface area contributed by atoms with Gasteiger partial charge in [-0.15, -0.1) is 11.3 Å². The number of hydrogen-bond donors (Lipinski definition) is 2. The highest BCUT2D eigenvalue weighted by molar-refractivity contribution is 7.21.